The van der Waals surface area contributed by atoms with E-state index in [-0.39, 0.29) is 11.9 Å². The third-order valence-corrected chi connectivity index (χ3v) is 3.87. The molecule has 1 atom stereocenters. The molecule has 0 amide bonds. The van der Waals surface area contributed by atoms with Gasteiger partial charge in [-0.1, -0.05) is 35.9 Å². The average Bonchev–Trinajstić information content (AvgIpc) is 2.42. The molecule has 1 aliphatic rings. The summed E-state index contributed by atoms with van der Waals surface area (Å²) in [6.07, 6.45) is 3.01. The van der Waals surface area contributed by atoms with Crippen molar-refractivity contribution in [3.05, 3.63) is 64.4 Å². The van der Waals surface area contributed by atoms with Gasteiger partial charge in [-0.15, -0.1) is 0 Å². The lowest BCUT2D eigenvalue weighted by atomic mass is 9.88. The molecular formula is C16H15ClFN. The Balaban J connectivity index is 1.75. The molecule has 3 rings (SSSR count). The number of anilines is 1. The van der Waals surface area contributed by atoms with Crippen LogP contribution < -0.4 is 5.32 Å². The summed E-state index contributed by atoms with van der Waals surface area (Å²) in [6.45, 7) is 0. The lowest BCUT2D eigenvalue weighted by Gasteiger charge is -2.26. The van der Waals surface area contributed by atoms with Crippen LogP contribution in [0.1, 0.15) is 17.5 Å². The number of rotatable bonds is 2. The Morgan fingerprint density at radius 3 is 2.68 bits per heavy atom. The van der Waals surface area contributed by atoms with Crippen LogP contribution in [0.25, 0.3) is 0 Å². The summed E-state index contributed by atoms with van der Waals surface area (Å²) in [4.78, 5) is 0. The fourth-order valence-corrected chi connectivity index (χ4v) is 2.81. The van der Waals surface area contributed by atoms with Crippen molar-refractivity contribution in [1.82, 2.24) is 0 Å². The fourth-order valence-electron chi connectivity index (χ4n) is 2.65. The molecule has 0 fully saturated rings. The molecule has 0 spiro atoms. The van der Waals surface area contributed by atoms with Gasteiger partial charge in [-0.2, -0.15) is 0 Å². The fraction of sp³-hybridized carbons (Fsp3) is 0.250. The minimum atomic E-state index is -0.286. The first-order valence-electron chi connectivity index (χ1n) is 6.51. The number of hydrogen-bond donors (Lipinski definition) is 1. The normalized spacial score (nSPS) is 17.9. The lowest BCUT2D eigenvalue weighted by Crippen LogP contribution is -2.27. The second-order valence-electron chi connectivity index (χ2n) is 4.98. The minimum absolute atomic E-state index is 0.283. The molecule has 98 valence electrons. The molecule has 3 heteroatoms. The van der Waals surface area contributed by atoms with Crippen LogP contribution in [0.3, 0.4) is 0 Å². The Morgan fingerprint density at radius 1 is 1.11 bits per heavy atom. The molecule has 1 aliphatic carbocycles. The molecule has 1 nitrogen and oxygen atoms in total. The maximum absolute atomic E-state index is 13.8. The van der Waals surface area contributed by atoms with Gasteiger partial charge in [0.1, 0.15) is 5.82 Å². The zero-order chi connectivity index (χ0) is 13.2. The van der Waals surface area contributed by atoms with Gasteiger partial charge in [0.15, 0.2) is 0 Å². The summed E-state index contributed by atoms with van der Waals surface area (Å²) in [6, 6.07) is 13.5. The van der Waals surface area contributed by atoms with Crippen molar-refractivity contribution in [3.63, 3.8) is 0 Å². The third-order valence-electron chi connectivity index (χ3n) is 3.64. The van der Waals surface area contributed by atoms with Gasteiger partial charge in [0.2, 0.25) is 0 Å². The second-order valence-corrected chi connectivity index (χ2v) is 5.41. The number of fused-ring (bicyclic) bond motifs is 1. The van der Waals surface area contributed by atoms with Crippen LogP contribution in [-0.4, -0.2) is 6.04 Å². The Morgan fingerprint density at radius 2 is 1.89 bits per heavy atom. The molecular weight excluding hydrogens is 261 g/mol. The van der Waals surface area contributed by atoms with Gasteiger partial charge < -0.3 is 5.32 Å². The van der Waals surface area contributed by atoms with Crippen LogP contribution in [-0.2, 0) is 12.8 Å². The topological polar surface area (TPSA) is 12.0 Å². The minimum Gasteiger partial charge on any atom is -0.380 e. The van der Waals surface area contributed by atoms with Crippen molar-refractivity contribution < 1.29 is 4.39 Å². The SMILES string of the molecule is Fc1cc(Cl)ccc1NC1CCc2ccccc2C1. The Hall–Kier alpha value is -1.54. The predicted octanol–water partition coefficient (Wildman–Crippen LogP) is 4.45. The highest BCUT2D eigenvalue weighted by atomic mass is 35.5. The van der Waals surface area contributed by atoms with Gasteiger partial charge in [0.25, 0.3) is 0 Å². The molecule has 0 radical (unpaired) electrons. The Bertz CT molecular complexity index is 597. The van der Waals surface area contributed by atoms with Crippen molar-refractivity contribution in [1.29, 1.82) is 0 Å². The van der Waals surface area contributed by atoms with Crippen LogP contribution in [0.5, 0.6) is 0 Å². The monoisotopic (exact) mass is 275 g/mol. The van der Waals surface area contributed by atoms with E-state index in [1.807, 2.05) is 0 Å². The lowest BCUT2D eigenvalue weighted by molar-refractivity contribution is 0.592. The van der Waals surface area contributed by atoms with Crippen molar-refractivity contribution >= 4 is 17.3 Å². The number of hydrogen-bond acceptors (Lipinski definition) is 1. The first-order valence-corrected chi connectivity index (χ1v) is 6.88. The van der Waals surface area contributed by atoms with E-state index in [1.165, 1.54) is 17.2 Å². The van der Waals surface area contributed by atoms with E-state index >= 15 is 0 Å². The summed E-state index contributed by atoms with van der Waals surface area (Å²) >= 11 is 5.76. The molecule has 2 aromatic rings. The molecule has 19 heavy (non-hydrogen) atoms. The van der Waals surface area contributed by atoms with Gasteiger partial charge in [-0.25, -0.2) is 4.39 Å². The first kappa shape index (κ1) is 12.5. The van der Waals surface area contributed by atoms with Gasteiger partial charge in [0, 0.05) is 11.1 Å². The van der Waals surface area contributed by atoms with Crippen LogP contribution >= 0.6 is 11.6 Å². The largest absolute Gasteiger partial charge is 0.380 e. The summed E-state index contributed by atoms with van der Waals surface area (Å²) in [5.74, 6) is -0.286. The van der Waals surface area contributed by atoms with Crippen LogP contribution in [0.2, 0.25) is 5.02 Å². The molecule has 1 N–H and O–H groups in total. The summed E-state index contributed by atoms with van der Waals surface area (Å²) in [7, 11) is 0. The molecule has 0 heterocycles. The van der Waals surface area contributed by atoms with Crippen molar-refractivity contribution in [2.24, 2.45) is 0 Å². The number of nitrogens with one attached hydrogen (secondary N) is 1. The maximum atomic E-state index is 13.8. The number of aryl methyl sites for hydroxylation is 1. The summed E-state index contributed by atoms with van der Waals surface area (Å²) in [5.41, 5.74) is 3.31. The van der Waals surface area contributed by atoms with Gasteiger partial charge >= 0.3 is 0 Å². The highest BCUT2D eigenvalue weighted by Crippen LogP contribution is 2.25. The molecule has 0 saturated heterocycles. The van der Waals surface area contributed by atoms with Gasteiger partial charge in [0.05, 0.1) is 5.69 Å². The maximum Gasteiger partial charge on any atom is 0.147 e. The van der Waals surface area contributed by atoms with Crippen molar-refractivity contribution in [2.75, 3.05) is 5.32 Å². The molecule has 0 saturated carbocycles. The Labute approximate surface area is 117 Å². The molecule has 0 bridgehead atoms. The standard InChI is InChI=1S/C16H15ClFN/c17-13-6-8-16(15(18)10-13)19-14-7-5-11-3-1-2-4-12(11)9-14/h1-4,6,8,10,14,19H,5,7,9H2. The number of halogens is 2. The smallest absolute Gasteiger partial charge is 0.147 e. The van der Waals surface area contributed by atoms with Crippen LogP contribution in [0.15, 0.2) is 42.5 Å². The molecule has 2 aromatic carbocycles. The second kappa shape index (κ2) is 5.22. The number of benzene rings is 2. The highest BCUT2D eigenvalue weighted by molar-refractivity contribution is 6.30. The summed E-state index contributed by atoms with van der Waals surface area (Å²) in [5, 5.41) is 3.71. The van der Waals surface area contributed by atoms with E-state index in [1.54, 1.807) is 12.1 Å². The Kier molecular flexibility index (Phi) is 3.43. The zero-order valence-corrected chi connectivity index (χ0v) is 11.3. The van der Waals surface area contributed by atoms with E-state index in [2.05, 4.69) is 29.6 Å². The van der Waals surface area contributed by atoms with E-state index < -0.39 is 0 Å². The van der Waals surface area contributed by atoms with E-state index in [9.17, 15) is 4.39 Å². The van der Waals surface area contributed by atoms with Crippen molar-refractivity contribution in [2.45, 2.75) is 25.3 Å². The third kappa shape index (κ3) is 2.74. The molecule has 1 unspecified atom stereocenters. The van der Waals surface area contributed by atoms with Crippen LogP contribution in [0, 0.1) is 5.82 Å². The molecule has 0 aromatic heterocycles. The van der Waals surface area contributed by atoms with Crippen LogP contribution in [0.4, 0.5) is 10.1 Å². The predicted molar refractivity (Wildman–Crippen MR) is 77.3 cm³/mol. The van der Waals surface area contributed by atoms with Gasteiger partial charge in [-0.3, -0.25) is 0 Å². The average molecular weight is 276 g/mol. The highest BCUT2D eigenvalue weighted by Gasteiger charge is 2.18. The molecule has 0 aliphatic heterocycles. The van der Waals surface area contributed by atoms with Gasteiger partial charge in [-0.05, 0) is 48.6 Å². The quantitative estimate of drug-likeness (QED) is 0.854. The first-order chi connectivity index (χ1) is 9.22. The van der Waals surface area contributed by atoms with Crippen molar-refractivity contribution in [3.8, 4) is 0 Å². The summed E-state index contributed by atoms with van der Waals surface area (Å²) < 4.78 is 13.8. The van der Waals surface area contributed by atoms with E-state index in [4.69, 9.17) is 11.6 Å². The zero-order valence-electron chi connectivity index (χ0n) is 10.5. The van der Waals surface area contributed by atoms with E-state index in [0.29, 0.717) is 10.7 Å². The van der Waals surface area contributed by atoms with E-state index in [0.717, 1.165) is 19.3 Å².